The highest BCUT2D eigenvalue weighted by Crippen LogP contribution is 2.18. The van der Waals surface area contributed by atoms with E-state index in [0.29, 0.717) is 5.56 Å². The molecule has 1 heterocycles. The summed E-state index contributed by atoms with van der Waals surface area (Å²) in [4.78, 5) is 16.3. The molecule has 1 aliphatic heterocycles. The van der Waals surface area contributed by atoms with E-state index in [1.807, 2.05) is 0 Å². The molecule has 19 heavy (non-hydrogen) atoms. The standard InChI is InChI=1S/C15H21FN2O/c1-11-6-4-8-13(14(11)16)15(19)18(3)12-7-5-9-17(2)10-12/h4,6,8,12H,5,7,9-10H2,1-3H3. The van der Waals surface area contributed by atoms with Crippen molar-refractivity contribution in [3.8, 4) is 0 Å². The van der Waals surface area contributed by atoms with E-state index in [2.05, 4.69) is 11.9 Å². The molecule has 1 aromatic carbocycles. The Morgan fingerprint density at radius 1 is 1.47 bits per heavy atom. The molecular formula is C15H21FN2O. The highest BCUT2D eigenvalue weighted by atomic mass is 19.1. The van der Waals surface area contributed by atoms with E-state index >= 15 is 0 Å². The van der Waals surface area contributed by atoms with Gasteiger partial charge in [-0.3, -0.25) is 4.79 Å². The van der Waals surface area contributed by atoms with Crippen molar-refractivity contribution < 1.29 is 9.18 Å². The van der Waals surface area contributed by atoms with Crippen LogP contribution < -0.4 is 0 Å². The van der Waals surface area contributed by atoms with Gasteiger partial charge in [0.25, 0.3) is 5.91 Å². The van der Waals surface area contributed by atoms with Gasteiger partial charge in [-0.15, -0.1) is 0 Å². The fourth-order valence-electron chi connectivity index (χ4n) is 2.62. The Labute approximate surface area is 114 Å². The number of hydrogen-bond donors (Lipinski definition) is 0. The smallest absolute Gasteiger partial charge is 0.256 e. The second kappa shape index (κ2) is 5.70. The molecule has 1 unspecified atom stereocenters. The average Bonchev–Trinajstić information content (AvgIpc) is 2.40. The van der Waals surface area contributed by atoms with E-state index in [0.717, 1.165) is 25.9 Å². The number of benzene rings is 1. The molecule has 1 aliphatic rings. The van der Waals surface area contributed by atoms with Crippen LogP contribution in [0.2, 0.25) is 0 Å². The van der Waals surface area contributed by atoms with Crippen LogP contribution in [0.25, 0.3) is 0 Å². The van der Waals surface area contributed by atoms with Gasteiger partial charge in [-0.2, -0.15) is 0 Å². The first-order valence-corrected chi connectivity index (χ1v) is 6.71. The number of amides is 1. The van der Waals surface area contributed by atoms with E-state index in [1.54, 1.807) is 37.1 Å². The summed E-state index contributed by atoms with van der Waals surface area (Å²) in [5.74, 6) is -0.620. The van der Waals surface area contributed by atoms with Gasteiger partial charge >= 0.3 is 0 Å². The third-order valence-electron chi connectivity index (χ3n) is 3.89. The summed E-state index contributed by atoms with van der Waals surface area (Å²) in [7, 11) is 3.83. The molecule has 0 spiro atoms. The molecule has 0 bridgehead atoms. The Morgan fingerprint density at radius 3 is 2.89 bits per heavy atom. The van der Waals surface area contributed by atoms with E-state index < -0.39 is 5.82 Å². The minimum absolute atomic E-state index is 0.172. The minimum Gasteiger partial charge on any atom is -0.337 e. The Bertz CT molecular complexity index is 475. The first kappa shape index (κ1) is 14.0. The van der Waals surface area contributed by atoms with Crippen LogP contribution in [0.15, 0.2) is 18.2 Å². The number of aryl methyl sites for hydroxylation is 1. The molecular weight excluding hydrogens is 243 g/mol. The molecule has 0 radical (unpaired) electrons. The van der Waals surface area contributed by atoms with Crippen LogP contribution in [0.4, 0.5) is 4.39 Å². The molecule has 1 saturated heterocycles. The lowest BCUT2D eigenvalue weighted by Crippen LogP contribution is -2.47. The Balaban J connectivity index is 2.16. The van der Waals surface area contributed by atoms with Gasteiger partial charge in [-0.05, 0) is 45.0 Å². The third kappa shape index (κ3) is 2.95. The van der Waals surface area contributed by atoms with Crippen LogP contribution in [0.3, 0.4) is 0 Å². The summed E-state index contributed by atoms with van der Waals surface area (Å²) in [6, 6.07) is 5.15. The van der Waals surface area contributed by atoms with Crippen molar-refractivity contribution in [2.45, 2.75) is 25.8 Å². The van der Waals surface area contributed by atoms with Crippen molar-refractivity contribution in [2.24, 2.45) is 0 Å². The molecule has 2 rings (SSSR count). The maximum absolute atomic E-state index is 14.0. The van der Waals surface area contributed by atoms with E-state index in [1.165, 1.54) is 0 Å². The molecule has 104 valence electrons. The molecule has 1 amide bonds. The van der Waals surface area contributed by atoms with Crippen molar-refractivity contribution in [1.29, 1.82) is 0 Å². The SMILES string of the molecule is Cc1cccc(C(=O)N(C)C2CCCN(C)C2)c1F. The summed E-state index contributed by atoms with van der Waals surface area (Å²) in [5, 5.41) is 0. The monoisotopic (exact) mass is 264 g/mol. The highest BCUT2D eigenvalue weighted by molar-refractivity contribution is 5.94. The second-order valence-corrected chi connectivity index (χ2v) is 5.41. The molecule has 1 fully saturated rings. The Morgan fingerprint density at radius 2 is 2.21 bits per heavy atom. The summed E-state index contributed by atoms with van der Waals surface area (Å²) >= 11 is 0. The number of hydrogen-bond acceptors (Lipinski definition) is 2. The van der Waals surface area contributed by atoms with E-state index in [-0.39, 0.29) is 17.5 Å². The van der Waals surface area contributed by atoms with Gasteiger partial charge in [0.15, 0.2) is 0 Å². The number of carbonyl (C=O) groups excluding carboxylic acids is 1. The lowest BCUT2D eigenvalue weighted by molar-refractivity contribution is 0.0639. The van der Waals surface area contributed by atoms with E-state index in [4.69, 9.17) is 0 Å². The number of rotatable bonds is 2. The van der Waals surface area contributed by atoms with Crippen molar-refractivity contribution in [1.82, 2.24) is 9.80 Å². The van der Waals surface area contributed by atoms with Gasteiger partial charge < -0.3 is 9.80 Å². The van der Waals surface area contributed by atoms with Crippen molar-refractivity contribution in [3.63, 3.8) is 0 Å². The fraction of sp³-hybridized carbons (Fsp3) is 0.533. The molecule has 3 nitrogen and oxygen atoms in total. The zero-order valence-corrected chi connectivity index (χ0v) is 11.8. The first-order valence-electron chi connectivity index (χ1n) is 6.71. The van der Waals surface area contributed by atoms with Gasteiger partial charge in [0.1, 0.15) is 5.82 Å². The third-order valence-corrected chi connectivity index (χ3v) is 3.89. The number of carbonyl (C=O) groups is 1. The second-order valence-electron chi connectivity index (χ2n) is 5.41. The largest absolute Gasteiger partial charge is 0.337 e. The van der Waals surface area contributed by atoms with Gasteiger partial charge in [0.05, 0.1) is 5.56 Å². The summed E-state index contributed by atoms with van der Waals surface area (Å²) < 4.78 is 14.0. The molecule has 1 atom stereocenters. The Hall–Kier alpha value is -1.42. The lowest BCUT2D eigenvalue weighted by Gasteiger charge is -2.36. The zero-order chi connectivity index (χ0) is 14.0. The van der Waals surface area contributed by atoms with Gasteiger partial charge in [-0.1, -0.05) is 12.1 Å². The van der Waals surface area contributed by atoms with Crippen LogP contribution in [0.1, 0.15) is 28.8 Å². The lowest BCUT2D eigenvalue weighted by atomic mass is 10.0. The summed E-state index contributed by atoms with van der Waals surface area (Å²) in [6.45, 7) is 3.60. The normalized spacial score (nSPS) is 20.3. The molecule has 0 N–H and O–H groups in total. The molecule has 0 aromatic heterocycles. The molecule has 0 saturated carbocycles. The predicted molar refractivity (Wildman–Crippen MR) is 73.7 cm³/mol. The number of nitrogens with zero attached hydrogens (tertiary/aromatic N) is 2. The average molecular weight is 264 g/mol. The topological polar surface area (TPSA) is 23.6 Å². The maximum Gasteiger partial charge on any atom is 0.256 e. The van der Waals surface area contributed by atoms with Crippen LogP contribution >= 0.6 is 0 Å². The highest BCUT2D eigenvalue weighted by Gasteiger charge is 2.26. The van der Waals surface area contributed by atoms with Crippen molar-refractivity contribution in [3.05, 3.63) is 35.1 Å². The first-order chi connectivity index (χ1) is 9.00. The van der Waals surface area contributed by atoms with Crippen LogP contribution in [0, 0.1) is 12.7 Å². The predicted octanol–water partition coefficient (Wildman–Crippen LogP) is 2.30. The molecule has 0 aliphatic carbocycles. The van der Waals surface area contributed by atoms with Crippen LogP contribution in [-0.4, -0.2) is 48.9 Å². The summed E-state index contributed by atoms with van der Waals surface area (Å²) in [6.07, 6.45) is 2.06. The van der Waals surface area contributed by atoms with Crippen LogP contribution in [-0.2, 0) is 0 Å². The number of halogens is 1. The number of likely N-dealkylation sites (N-methyl/N-ethyl adjacent to an activating group) is 2. The molecule has 4 heteroatoms. The summed E-state index contributed by atoms with van der Waals surface area (Å²) in [5.41, 5.74) is 0.690. The van der Waals surface area contributed by atoms with Crippen LogP contribution in [0.5, 0.6) is 0 Å². The van der Waals surface area contributed by atoms with Crippen molar-refractivity contribution in [2.75, 3.05) is 27.2 Å². The van der Waals surface area contributed by atoms with Crippen molar-refractivity contribution >= 4 is 5.91 Å². The minimum atomic E-state index is -0.400. The number of likely N-dealkylation sites (tertiary alicyclic amines) is 1. The van der Waals surface area contributed by atoms with E-state index in [9.17, 15) is 9.18 Å². The quantitative estimate of drug-likeness (QED) is 0.818. The van der Waals surface area contributed by atoms with Gasteiger partial charge in [0.2, 0.25) is 0 Å². The van der Waals surface area contributed by atoms with Gasteiger partial charge in [-0.25, -0.2) is 4.39 Å². The fourth-order valence-corrected chi connectivity index (χ4v) is 2.62. The molecule has 1 aromatic rings. The number of piperidine rings is 1. The Kier molecular flexibility index (Phi) is 4.20. The maximum atomic E-state index is 14.0. The zero-order valence-electron chi connectivity index (χ0n) is 11.8. The van der Waals surface area contributed by atoms with Gasteiger partial charge in [0, 0.05) is 19.6 Å².